The first-order chi connectivity index (χ1) is 7.14. The van der Waals surface area contributed by atoms with Gasteiger partial charge in [-0.3, -0.25) is 4.79 Å². The maximum atomic E-state index is 12.1. The summed E-state index contributed by atoms with van der Waals surface area (Å²) in [6.45, 7) is 4.24. The van der Waals surface area contributed by atoms with Gasteiger partial charge in [0, 0.05) is 5.41 Å². The van der Waals surface area contributed by atoms with E-state index >= 15 is 0 Å². The van der Waals surface area contributed by atoms with Crippen LogP contribution < -0.4 is 0 Å². The van der Waals surface area contributed by atoms with Gasteiger partial charge in [0.05, 0.1) is 0 Å². The second-order valence-corrected chi connectivity index (χ2v) is 6.35. The number of hydrogen-bond donors (Lipinski definition) is 0. The molecule has 0 N–H and O–H groups in total. The zero-order chi connectivity index (χ0) is 10.6. The summed E-state index contributed by atoms with van der Waals surface area (Å²) in [5.74, 6) is 3.81. The third-order valence-corrected chi connectivity index (χ3v) is 5.79. The van der Waals surface area contributed by atoms with Crippen molar-refractivity contribution in [3.63, 3.8) is 0 Å². The number of hydrogen-bond acceptors (Lipinski definition) is 1. The summed E-state index contributed by atoms with van der Waals surface area (Å²) in [5.41, 5.74) is 0.148. The minimum Gasteiger partial charge on any atom is -0.299 e. The fourth-order valence-electron chi connectivity index (χ4n) is 5.13. The number of Topliss-reactive ketones (excluding diaryl/α,β-unsaturated/α-hetero) is 1. The average Bonchev–Trinajstić information content (AvgIpc) is 2.76. The predicted octanol–water partition coefficient (Wildman–Crippen LogP) is 3.43. The largest absolute Gasteiger partial charge is 0.299 e. The molecule has 0 spiro atoms. The summed E-state index contributed by atoms with van der Waals surface area (Å²) in [6.07, 6.45) is 7.96. The molecule has 0 aliphatic heterocycles. The summed E-state index contributed by atoms with van der Waals surface area (Å²) in [4.78, 5) is 12.1. The van der Waals surface area contributed by atoms with Crippen molar-refractivity contribution in [2.24, 2.45) is 29.1 Å². The van der Waals surface area contributed by atoms with Gasteiger partial charge in [0.2, 0.25) is 0 Å². The Morgan fingerprint density at radius 3 is 2.73 bits per heavy atom. The van der Waals surface area contributed by atoms with Crippen molar-refractivity contribution in [3.8, 4) is 0 Å². The highest BCUT2D eigenvalue weighted by Crippen LogP contribution is 2.65. The van der Waals surface area contributed by atoms with Crippen LogP contribution in [-0.2, 0) is 4.79 Å². The van der Waals surface area contributed by atoms with E-state index < -0.39 is 0 Å². The number of rotatable bonds is 1. The van der Waals surface area contributed by atoms with Gasteiger partial charge >= 0.3 is 0 Å². The molecule has 3 rings (SSSR count). The first-order valence-electron chi connectivity index (χ1n) is 6.65. The quantitative estimate of drug-likeness (QED) is 0.642. The number of carbonyl (C=O) groups excluding carboxylic acids is 1. The molecule has 3 saturated carbocycles. The van der Waals surface area contributed by atoms with Crippen LogP contribution in [0.1, 0.15) is 52.4 Å². The second-order valence-electron chi connectivity index (χ2n) is 6.35. The molecule has 0 saturated heterocycles. The minimum absolute atomic E-state index is 0.148. The molecule has 3 aliphatic rings. The van der Waals surface area contributed by atoms with Crippen LogP contribution in [0, 0.1) is 29.1 Å². The third-order valence-electron chi connectivity index (χ3n) is 5.79. The zero-order valence-corrected chi connectivity index (χ0v) is 9.96. The Labute approximate surface area is 92.6 Å². The summed E-state index contributed by atoms with van der Waals surface area (Å²) < 4.78 is 0. The molecule has 84 valence electrons. The molecule has 4 unspecified atom stereocenters. The van der Waals surface area contributed by atoms with Gasteiger partial charge in [-0.05, 0) is 69.1 Å². The van der Waals surface area contributed by atoms with Crippen LogP contribution in [0.4, 0.5) is 0 Å². The number of fused-ring (bicyclic) bond motifs is 5. The standard InChI is InChI=1S/C14H22O/c1-9-5-6-14(10(2)15)12-4-3-11(8-12)13(14)7-9/h9,11-13H,3-8H2,1-2H3/t9-,11?,12?,13?,14?/m1/s1. The van der Waals surface area contributed by atoms with Crippen molar-refractivity contribution >= 4 is 5.78 Å². The normalized spacial score (nSPS) is 52.9. The Morgan fingerprint density at radius 2 is 2.00 bits per heavy atom. The van der Waals surface area contributed by atoms with E-state index in [9.17, 15) is 4.79 Å². The van der Waals surface area contributed by atoms with Gasteiger partial charge in [0.25, 0.3) is 0 Å². The Balaban J connectivity index is 1.98. The van der Waals surface area contributed by atoms with Gasteiger partial charge in [0.1, 0.15) is 5.78 Å². The molecule has 0 heterocycles. The molecule has 0 aromatic rings. The fourth-order valence-corrected chi connectivity index (χ4v) is 5.13. The van der Waals surface area contributed by atoms with Gasteiger partial charge in [-0.15, -0.1) is 0 Å². The summed E-state index contributed by atoms with van der Waals surface area (Å²) in [5, 5.41) is 0. The predicted molar refractivity (Wildman–Crippen MR) is 60.5 cm³/mol. The summed E-state index contributed by atoms with van der Waals surface area (Å²) >= 11 is 0. The molecule has 0 amide bonds. The van der Waals surface area contributed by atoms with Crippen molar-refractivity contribution < 1.29 is 4.79 Å². The van der Waals surface area contributed by atoms with Crippen LogP contribution in [0.25, 0.3) is 0 Å². The topological polar surface area (TPSA) is 17.1 Å². The van der Waals surface area contributed by atoms with E-state index in [0.29, 0.717) is 5.78 Å². The summed E-state index contributed by atoms with van der Waals surface area (Å²) in [7, 11) is 0. The zero-order valence-electron chi connectivity index (χ0n) is 9.96. The van der Waals surface area contributed by atoms with Gasteiger partial charge in [-0.25, -0.2) is 0 Å². The SMILES string of the molecule is CC(=O)C12CC[C@@H](C)CC1C1CCC2C1. The third kappa shape index (κ3) is 1.13. The fraction of sp³-hybridized carbons (Fsp3) is 0.929. The minimum atomic E-state index is 0.148. The molecule has 3 aliphatic carbocycles. The highest BCUT2D eigenvalue weighted by atomic mass is 16.1. The maximum absolute atomic E-state index is 12.1. The molecule has 0 radical (unpaired) electrons. The van der Waals surface area contributed by atoms with Crippen molar-refractivity contribution in [1.29, 1.82) is 0 Å². The Hall–Kier alpha value is -0.330. The average molecular weight is 206 g/mol. The van der Waals surface area contributed by atoms with Crippen LogP contribution in [-0.4, -0.2) is 5.78 Å². The van der Waals surface area contributed by atoms with Crippen molar-refractivity contribution in [2.45, 2.75) is 52.4 Å². The lowest BCUT2D eigenvalue weighted by atomic mass is 9.56. The van der Waals surface area contributed by atoms with Gasteiger partial charge < -0.3 is 0 Å². The maximum Gasteiger partial charge on any atom is 0.136 e. The monoisotopic (exact) mass is 206 g/mol. The van der Waals surface area contributed by atoms with Crippen molar-refractivity contribution in [3.05, 3.63) is 0 Å². The summed E-state index contributed by atoms with van der Waals surface area (Å²) in [6, 6.07) is 0. The lowest BCUT2D eigenvalue weighted by molar-refractivity contribution is -0.137. The molecule has 1 nitrogen and oxygen atoms in total. The van der Waals surface area contributed by atoms with Crippen LogP contribution in [0.2, 0.25) is 0 Å². The lowest BCUT2D eigenvalue weighted by Crippen LogP contribution is -2.45. The molecule has 2 bridgehead atoms. The Bertz CT molecular complexity index is 296. The number of carbonyl (C=O) groups is 1. The van der Waals surface area contributed by atoms with Crippen molar-refractivity contribution in [2.75, 3.05) is 0 Å². The smallest absolute Gasteiger partial charge is 0.136 e. The van der Waals surface area contributed by atoms with Crippen LogP contribution in [0.15, 0.2) is 0 Å². The molecular weight excluding hydrogens is 184 g/mol. The second kappa shape index (κ2) is 3.09. The van der Waals surface area contributed by atoms with Gasteiger partial charge in [-0.1, -0.05) is 6.92 Å². The lowest BCUT2D eigenvalue weighted by Gasteiger charge is -2.47. The van der Waals surface area contributed by atoms with Gasteiger partial charge in [0.15, 0.2) is 0 Å². The van der Waals surface area contributed by atoms with E-state index in [-0.39, 0.29) is 5.41 Å². The molecule has 0 aromatic carbocycles. The highest BCUT2D eigenvalue weighted by Gasteiger charge is 2.61. The Kier molecular flexibility index (Phi) is 2.03. The first-order valence-corrected chi connectivity index (χ1v) is 6.65. The molecule has 3 fully saturated rings. The van der Waals surface area contributed by atoms with E-state index in [1.165, 1.54) is 38.5 Å². The Morgan fingerprint density at radius 1 is 1.20 bits per heavy atom. The molecule has 0 aromatic heterocycles. The van der Waals surface area contributed by atoms with Crippen LogP contribution in [0.5, 0.6) is 0 Å². The van der Waals surface area contributed by atoms with Crippen molar-refractivity contribution in [1.82, 2.24) is 0 Å². The van der Waals surface area contributed by atoms with E-state index in [1.54, 1.807) is 0 Å². The van der Waals surface area contributed by atoms with E-state index in [1.807, 2.05) is 6.92 Å². The van der Waals surface area contributed by atoms with E-state index in [2.05, 4.69) is 6.92 Å². The van der Waals surface area contributed by atoms with Gasteiger partial charge in [-0.2, -0.15) is 0 Å². The van der Waals surface area contributed by atoms with Crippen LogP contribution in [0.3, 0.4) is 0 Å². The van der Waals surface area contributed by atoms with Crippen LogP contribution >= 0.6 is 0 Å². The first kappa shape index (κ1) is 9.86. The molecule has 1 heteroatoms. The molecular formula is C14H22O. The molecule has 15 heavy (non-hydrogen) atoms. The highest BCUT2D eigenvalue weighted by molar-refractivity contribution is 5.84. The van der Waals surface area contributed by atoms with E-state index in [0.717, 1.165) is 23.7 Å². The van der Waals surface area contributed by atoms with E-state index in [4.69, 9.17) is 0 Å². The molecule has 5 atom stereocenters. The number of ketones is 1.